The number of hydrogen-bond donors (Lipinski definition) is 1. The van der Waals surface area contributed by atoms with Crippen LogP contribution in [-0.2, 0) is 26.6 Å². The number of likely N-dealkylation sites (tertiary alicyclic amines) is 1. The molecule has 4 heterocycles. The number of nitrogens with one attached hydrogen (secondary N) is 1. The van der Waals surface area contributed by atoms with Crippen molar-refractivity contribution in [1.29, 1.82) is 0 Å². The average molecular weight is 381 g/mol. The maximum Gasteiger partial charge on any atom is 0.226 e. The minimum atomic E-state index is -3.02. The summed E-state index contributed by atoms with van der Waals surface area (Å²) in [6.45, 7) is 5.63. The van der Waals surface area contributed by atoms with E-state index in [0.717, 1.165) is 44.5 Å². The molecule has 0 aliphatic carbocycles. The summed E-state index contributed by atoms with van der Waals surface area (Å²) < 4.78 is 23.4. The van der Waals surface area contributed by atoms with E-state index in [1.54, 1.807) is 6.33 Å². The Labute approximate surface area is 155 Å². The molecule has 3 aliphatic rings. The van der Waals surface area contributed by atoms with Crippen LogP contribution in [0.3, 0.4) is 0 Å². The number of H-pyrrole nitrogens is 1. The maximum absolute atomic E-state index is 12.8. The molecule has 144 valence electrons. The topological polar surface area (TPSA) is 86.4 Å². The van der Waals surface area contributed by atoms with Gasteiger partial charge >= 0.3 is 0 Å². The molecule has 4 rings (SSSR count). The number of hydrogen-bond acceptors (Lipinski definition) is 5. The van der Waals surface area contributed by atoms with Crippen LogP contribution in [0.4, 0.5) is 0 Å². The highest BCUT2D eigenvalue weighted by Crippen LogP contribution is 2.42. The summed E-state index contributed by atoms with van der Waals surface area (Å²) >= 11 is 0. The molecule has 8 heteroatoms. The third-order valence-corrected chi connectivity index (χ3v) is 8.14. The van der Waals surface area contributed by atoms with Crippen LogP contribution in [0.5, 0.6) is 0 Å². The number of carbonyl (C=O) groups excluding carboxylic acids is 1. The summed E-state index contributed by atoms with van der Waals surface area (Å²) in [6, 6.07) is 0. The van der Waals surface area contributed by atoms with E-state index in [9.17, 15) is 13.2 Å². The summed E-state index contributed by atoms with van der Waals surface area (Å²) in [6.07, 6.45) is 6.12. The number of nitrogens with zero attached hydrogens (tertiary/aromatic N) is 3. The average Bonchev–Trinajstić information content (AvgIpc) is 3.24. The van der Waals surface area contributed by atoms with Crippen molar-refractivity contribution in [2.24, 2.45) is 5.92 Å². The number of piperidine rings is 1. The van der Waals surface area contributed by atoms with Crippen molar-refractivity contribution in [3.63, 3.8) is 0 Å². The summed E-state index contributed by atoms with van der Waals surface area (Å²) in [5.41, 5.74) is 2.31. The van der Waals surface area contributed by atoms with Gasteiger partial charge in [-0.25, -0.2) is 13.4 Å². The highest BCUT2D eigenvalue weighted by atomic mass is 32.2. The molecule has 26 heavy (non-hydrogen) atoms. The molecular formula is C18H28N4O3S. The highest BCUT2D eigenvalue weighted by molar-refractivity contribution is 7.91. The van der Waals surface area contributed by atoms with Gasteiger partial charge in [0.1, 0.15) is 0 Å². The van der Waals surface area contributed by atoms with Gasteiger partial charge < -0.3 is 9.88 Å². The SMILES string of the molecule is CCCN1CCc2[nH]cnc2C12CCN(C(=O)[C@H]1CCS(=O)(=O)C1)CC2. The molecule has 0 aromatic carbocycles. The molecule has 0 bridgehead atoms. The molecular weight excluding hydrogens is 352 g/mol. The van der Waals surface area contributed by atoms with Crippen LogP contribution in [0.15, 0.2) is 6.33 Å². The number of rotatable bonds is 3. The van der Waals surface area contributed by atoms with E-state index < -0.39 is 9.84 Å². The lowest BCUT2D eigenvalue weighted by Crippen LogP contribution is -2.57. The van der Waals surface area contributed by atoms with Gasteiger partial charge in [-0.05, 0) is 32.2 Å². The summed E-state index contributed by atoms with van der Waals surface area (Å²) in [5.74, 6) is -0.129. The lowest BCUT2D eigenvalue weighted by atomic mass is 9.78. The van der Waals surface area contributed by atoms with Crippen LogP contribution < -0.4 is 0 Å². The van der Waals surface area contributed by atoms with Gasteiger partial charge in [0, 0.05) is 31.7 Å². The Morgan fingerprint density at radius 2 is 2.12 bits per heavy atom. The molecule has 1 atom stereocenters. The Bertz CT molecular complexity index is 780. The largest absolute Gasteiger partial charge is 0.348 e. The smallest absolute Gasteiger partial charge is 0.226 e. The third-order valence-electron chi connectivity index (χ3n) is 6.37. The van der Waals surface area contributed by atoms with Gasteiger partial charge in [-0.2, -0.15) is 0 Å². The molecule has 0 saturated carbocycles. The van der Waals surface area contributed by atoms with Gasteiger partial charge in [0.15, 0.2) is 9.84 Å². The molecule has 7 nitrogen and oxygen atoms in total. The van der Waals surface area contributed by atoms with E-state index in [0.29, 0.717) is 19.5 Å². The zero-order chi connectivity index (χ0) is 18.4. The van der Waals surface area contributed by atoms with E-state index in [-0.39, 0.29) is 28.9 Å². The predicted octanol–water partition coefficient (Wildman–Crippen LogP) is 0.930. The highest BCUT2D eigenvalue weighted by Gasteiger charge is 2.47. The summed E-state index contributed by atoms with van der Waals surface area (Å²) in [4.78, 5) is 25.2. The van der Waals surface area contributed by atoms with Crippen molar-refractivity contribution in [3.8, 4) is 0 Å². The summed E-state index contributed by atoms with van der Waals surface area (Å²) in [5, 5.41) is 0. The predicted molar refractivity (Wildman–Crippen MR) is 98.4 cm³/mol. The molecule has 3 aliphatic heterocycles. The van der Waals surface area contributed by atoms with Crippen LogP contribution in [0.1, 0.15) is 44.0 Å². The molecule has 0 radical (unpaired) electrons. The lowest BCUT2D eigenvalue weighted by molar-refractivity contribution is -0.138. The van der Waals surface area contributed by atoms with Crippen molar-refractivity contribution in [3.05, 3.63) is 17.7 Å². The van der Waals surface area contributed by atoms with Gasteiger partial charge in [0.2, 0.25) is 5.91 Å². The van der Waals surface area contributed by atoms with E-state index in [4.69, 9.17) is 0 Å². The minimum absolute atomic E-state index is 0.0267. The number of carbonyl (C=O) groups is 1. The van der Waals surface area contributed by atoms with Crippen LogP contribution in [-0.4, -0.2) is 71.8 Å². The second-order valence-electron chi connectivity index (χ2n) is 7.92. The van der Waals surface area contributed by atoms with E-state index in [1.807, 2.05) is 4.90 Å². The van der Waals surface area contributed by atoms with Crippen LogP contribution in [0.25, 0.3) is 0 Å². The first-order valence-corrected chi connectivity index (χ1v) is 11.5. The Morgan fingerprint density at radius 3 is 2.77 bits per heavy atom. The van der Waals surface area contributed by atoms with E-state index in [1.165, 1.54) is 5.69 Å². The molecule has 0 unspecified atom stereocenters. The quantitative estimate of drug-likeness (QED) is 0.843. The Balaban J connectivity index is 1.50. The first-order chi connectivity index (χ1) is 12.5. The van der Waals surface area contributed by atoms with Gasteiger partial charge in [-0.15, -0.1) is 0 Å². The molecule has 2 saturated heterocycles. The van der Waals surface area contributed by atoms with E-state index >= 15 is 0 Å². The fraction of sp³-hybridized carbons (Fsp3) is 0.778. The Morgan fingerprint density at radius 1 is 1.35 bits per heavy atom. The number of imidazole rings is 1. The summed E-state index contributed by atoms with van der Waals surface area (Å²) in [7, 11) is -3.02. The normalized spacial score (nSPS) is 27.6. The van der Waals surface area contributed by atoms with Crippen molar-refractivity contribution >= 4 is 15.7 Å². The molecule has 1 aromatic heterocycles. The minimum Gasteiger partial charge on any atom is -0.348 e. The maximum atomic E-state index is 12.8. The van der Waals surface area contributed by atoms with E-state index in [2.05, 4.69) is 21.8 Å². The first-order valence-electron chi connectivity index (χ1n) is 9.72. The van der Waals surface area contributed by atoms with Gasteiger partial charge in [-0.1, -0.05) is 6.92 Å². The number of aromatic nitrogens is 2. The monoisotopic (exact) mass is 380 g/mol. The van der Waals surface area contributed by atoms with Crippen molar-refractivity contribution in [2.75, 3.05) is 37.7 Å². The Kier molecular flexibility index (Phi) is 4.59. The molecule has 1 N–H and O–H groups in total. The zero-order valence-corrected chi connectivity index (χ0v) is 16.2. The fourth-order valence-electron chi connectivity index (χ4n) is 5.02. The number of amides is 1. The second-order valence-corrected chi connectivity index (χ2v) is 10.2. The molecule has 2 fully saturated rings. The van der Waals surface area contributed by atoms with Crippen molar-refractivity contribution in [1.82, 2.24) is 19.8 Å². The van der Waals surface area contributed by atoms with Crippen LogP contribution >= 0.6 is 0 Å². The van der Waals surface area contributed by atoms with Gasteiger partial charge in [0.05, 0.1) is 35.0 Å². The molecule has 1 aromatic rings. The van der Waals surface area contributed by atoms with Crippen LogP contribution in [0.2, 0.25) is 0 Å². The standard InChI is InChI=1S/C18H28N4O3S/c1-2-7-22-8-3-15-16(20-13-19-15)18(22)5-9-21(10-6-18)17(23)14-4-11-26(24,25)12-14/h13-14H,2-12H2,1H3,(H,19,20)/t14-/m0/s1. The van der Waals surface area contributed by atoms with Crippen LogP contribution in [0, 0.1) is 5.92 Å². The molecule has 1 amide bonds. The third kappa shape index (κ3) is 2.97. The second kappa shape index (κ2) is 6.64. The number of aromatic amines is 1. The Hall–Kier alpha value is -1.41. The number of fused-ring (bicyclic) bond motifs is 2. The lowest BCUT2D eigenvalue weighted by Gasteiger charge is -2.50. The van der Waals surface area contributed by atoms with Crippen molar-refractivity contribution in [2.45, 2.75) is 44.6 Å². The number of sulfone groups is 1. The first kappa shape index (κ1) is 18.0. The molecule has 1 spiro atoms. The van der Waals surface area contributed by atoms with Gasteiger partial charge in [-0.3, -0.25) is 9.69 Å². The van der Waals surface area contributed by atoms with Crippen molar-refractivity contribution < 1.29 is 13.2 Å². The fourth-order valence-corrected chi connectivity index (χ4v) is 6.75. The van der Waals surface area contributed by atoms with Gasteiger partial charge in [0.25, 0.3) is 0 Å². The zero-order valence-electron chi connectivity index (χ0n) is 15.4.